The van der Waals surface area contributed by atoms with E-state index >= 15 is 0 Å². The molecule has 0 N–H and O–H groups in total. The zero-order valence-corrected chi connectivity index (χ0v) is 17.4. The maximum Gasteiger partial charge on any atom is 0.264 e. The van der Waals surface area contributed by atoms with E-state index < -0.39 is 10.0 Å². The minimum atomic E-state index is -3.74. The number of carbonyl (C=O) groups is 1. The summed E-state index contributed by atoms with van der Waals surface area (Å²) in [5, 5.41) is 0. The molecular formula is C22H28N2O3S. The topological polar surface area (TPSA) is 57.7 Å². The third-order valence-corrected chi connectivity index (χ3v) is 7.16. The molecule has 1 heterocycles. The summed E-state index contributed by atoms with van der Waals surface area (Å²) >= 11 is 0. The molecule has 0 saturated carbocycles. The Bertz CT molecular complexity index is 887. The van der Waals surface area contributed by atoms with Crippen molar-refractivity contribution in [1.29, 1.82) is 0 Å². The number of hydrogen-bond acceptors (Lipinski definition) is 3. The number of para-hydroxylation sites is 1. The number of hydrogen-bond donors (Lipinski definition) is 0. The van der Waals surface area contributed by atoms with E-state index in [9.17, 15) is 13.2 Å². The van der Waals surface area contributed by atoms with Crippen molar-refractivity contribution < 1.29 is 13.2 Å². The van der Waals surface area contributed by atoms with Gasteiger partial charge in [-0.25, -0.2) is 8.42 Å². The van der Waals surface area contributed by atoms with Crippen LogP contribution >= 0.6 is 0 Å². The van der Waals surface area contributed by atoms with Gasteiger partial charge >= 0.3 is 0 Å². The van der Waals surface area contributed by atoms with Gasteiger partial charge < -0.3 is 4.90 Å². The maximum atomic E-state index is 13.3. The van der Waals surface area contributed by atoms with Crippen molar-refractivity contribution in [2.24, 2.45) is 5.92 Å². The van der Waals surface area contributed by atoms with Gasteiger partial charge in [-0.1, -0.05) is 42.8 Å². The smallest absolute Gasteiger partial charge is 0.264 e. The molecule has 0 bridgehead atoms. The van der Waals surface area contributed by atoms with Gasteiger partial charge in [0.15, 0.2) is 0 Å². The number of likely N-dealkylation sites (tertiary alicyclic amines) is 1. The number of piperidine rings is 1. The van der Waals surface area contributed by atoms with E-state index in [-0.39, 0.29) is 23.8 Å². The summed E-state index contributed by atoms with van der Waals surface area (Å²) in [6.07, 6.45) is 2.19. The predicted molar refractivity (Wildman–Crippen MR) is 112 cm³/mol. The van der Waals surface area contributed by atoms with Gasteiger partial charge in [-0.05, 0) is 49.9 Å². The van der Waals surface area contributed by atoms with Gasteiger partial charge in [0.25, 0.3) is 10.0 Å². The highest BCUT2D eigenvalue weighted by atomic mass is 32.2. The van der Waals surface area contributed by atoms with Crippen LogP contribution in [0.25, 0.3) is 0 Å². The highest BCUT2D eigenvalue weighted by Crippen LogP contribution is 2.25. The second-order valence-electron chi connectivity index (χ2n) is 7.54. The second kappa shape index (κ2) is 8.78. The Morgan fingerprint density at radius 2 is 1.64 bits per heavy atom. The van der Waals surface area contributed by atoms with E-state index in [0.717, 1.165) is 31.5 Å². The number of rotatable bonds is 6. The van der Waals surface area contributed by atoms with Crippen LogP contribution in [0, 0.1) is 12.8 Å². The van der Waals surface area contributed by atoms with Crippen molar-refractivity contribution in [3.63, 3.8) is 0 Å². The lowest BCUT2D eigenvalue weighted by Crippen LogP contribution is -2.40. The molecule has 3 rings (SSSR count). The first kappa shape index (κ1) is 20.4. The van der Waals surface area contributed by atoms with Gasteiger partial charge in [-0.3, -0.25) is 9.10 Å². The minimum Gasteiger partial charge on any atom is -0.343 e. The van der Waals surface area contributed by atoms with Gasteiger partial charge in [0, 0.05) is 26.1 Å². The molecule has 0 aliphatic carbocycles. The molecule has 5 nitrogen and oxygen atoms in total. The zero-order chi connectivity index (χ0) is 20.1. The molecular weight excluding hydrogens is 372 g/mol. The molecule has 1 aliphatic rings. The Labute approximate surface area is 168 Å². The molecule has 1 amide bonds. The predicted octanol–water partition coefficient (Wildman–Crippen LogP) is 3.84. The lowest BCUT2D eigenvalue weighted by Gasteiger charge is -2.31. The Balaban J connectivity index is 1.80. The van der Waals surface area contributed by atoms with E-state index in [2.05, 4.69) is 6.92 Å². The van der Waals surface area contributed by atoms with Crippen molar-refractivity contribution in [3.8, 4) is 0 Å². The highest BCUT2D eigenvalue weighted by molar-refractivity contribution is 7.92. The van der Waals surface area contributed by atoms with Gasteiger partial charge in [0.2, 0.25) is 5.91 Å². The Kier molecular flexibility index (Phi) is 6.39. The fraction of sp³-hybridized carbons (Fsp3) is 0.409. The number of anilines is 1. The van der Waals surface area contributed by atoms with Crippen molar-refractivity contribution in [1.82, 2.24) is 4.90 Å². The Morgan fingerprint density at radius 1 is 1.04 bits per heavy atom. The Morgan fingerprint density at radius 3 is 2.25 bits per heavy atom. The van der Waals surface area contributed by atoms with Crippen LogP contribution in [0.15, 0.2) is 59.5 Å². The van der Waals surface area contributed by atoms with Gasteiger partial charge in [0.05, 0.1) is 10.6 Å². The van der Waals surface area contributed by atoms with Crippen molar-refractivity contribution in [2.45, 2.75) is 38.0 Å². The van der Waals surface area contributed by atoms with Crippen molar-refractivity contribution in [3.05, 3.63) is 60.2 Å². The SMILES string of the molecule is Cc1ccc(S(=O)(=O)N(CCC(=O)N2CCC(C)CC2)c2ccccc2)cc1. The molecule has 2 aromatic carbocycles. The molecule has 1 aliphatic heterocycles. The first-order valence-electron chi connectivity index (χ1n) is 9.80. The van der Waals surface area contributed by atoms with E-state index in [4.69, 9.17) is 0 Å². The number of carbonyl (C=O) groups excluding carboxylic acids is 1. The molecule has 0 spiro atoms. The van der Waals surface area contributed by atoms with Gasteiger partial charge in [-0.2, -0.15) is 0 Å². The minimum absolute atomic E-state index is 0.0203. The average molecular weight is 401 g/mol. The van der Waals surface area contributed by atoms with Crippen LogP contribution in [0.2, 0.25) is 0 Å². The zero-order valence-electron chi connectivity index (χ0n) is 16.5. The van der Waals surface area contributed by atoms with Crippen LogP contribution in [0.3, 0.4) is 0 Å². The third kappa shape index (κ3) is 4.73. The lowest BCUT2D eigenvalue weighted by atomic mass is 9.99. The van der Waals surface area contributed by atoms with E-state index in [1.54, 1.807) is 48.5 Å². The molecule has 0 unspecified atom stereocenters. The summed E-state index contributed by atoms with van der Waals surface area (Å²) in [6, 6.07) is 15.8. The molecule has 0 aromatic heterocycles. The van der Waals surface area contributed by atoms with Crippen LogP contribution in [0.1, 0.15) is 31.7 Å². The molecule has 0 radical (unpaired) electrons. The molecule has 2 aromatic rings. The summed E-state index contributed by atoms with van der Waals surface area (Å²) in [5.41, 5.74) is 1.57. The number of benzene rings is 2. The van der Waals surface area contributed by atoms with Crippen molar-refractivity contribution in [2.75, 3.05) is 23.9 Å². The number of nitrogens with zero attached hydrogens (tertiary/aromatic N) is 2. The maximum absolute atomic E-state index is 13.3. The summed E-state index contributed by atoms with van der Waals surface area (Å²) < 4.78 is 27.9. The summed E-state index contributed by atoms with van der Waals surface area (Å²) in [5.74, 6) is 0.665. The summed E-state index contributed by atoms with van der Waals surface area (Å²) in [6.45, 7) is 5.77. The van der Waals surface area contributed by atoms with E-state index in [1.807, 2.05) is 17.9 Å². The largest absolute Gasteiger partial charge is 0.343 e. The summed E-state index contributed by atoms with van der Waals surface area (Å²) in [7, 11) is -3.74. The summed E-state index contributed by atoms with van der Waals surface area (Å²) in [4.78, 5) is 14.8. The molecule has 150 valence electrons. The number of amides is 1. The Hall–Kier alpha value is -2.34. The van der Waals surface area contributed by atoms with Gasteiger partial charge in [-0.15, -0.1) is 0 Å². The number of sulfonamides is 1. The molecule has 1 saturated heterocycles. The van der Waals surface area contributed by atoms with Gasteiger partial charge in [0.1, 0.15) is 0 Å². The average Bonchev–Trinajstić information content (AvgIpc) is 2.69. The fourth-order valence-electron chi connectivity index (χ4n) is 3.43. The quantitative estimate of drug-likeness (QED) is 0.740. The van der Waals surface area contributed by atoms with Crippen LogP contribution in [-0.2, 0) is 14.8 Å². The van der Waals surface area contributed by atoms with Crippen LogP contribution in [0.4, 0.5) is 5.69 Å². The van der Waals surface area contributed by atoms with Crippen LogP contribution < -0.4 is 4.31 Å². The molecule has 6 heteroatoms. The first-order chi connectivity index (χ1) is 13.4. The molecule has 28 heavy (non-hydrogen) atoms. The van der Waals surface area contributed by atoms with Crippen LogP contribution in [-0.4, -0.2) is 38.9 Å². The molecule has 0 atom stereocenters. The van der Waals surface area contributed by atoms with E-state index in [1.165, 1.54) is 4.31 Å². The first-order valence-corrected chi connectivity index (χ1v) is 11.2. The number of aryl methyl sites for hydroxylation is 1. The normalized spacial score (nSPS) is 15.4. The standard InChI is InChI=1S/C22H28N2O3S/c1-18-8-10-21(11-9-18)28(26,27)24(20-6-4-3-5-7-20)17-14-22(25)23-15-12-19(2)13-16-23/h3-11,19H,12-17H2,1-2H3. The third-order valence-electron chi connectivity index (χ3n) is 5.32. The van der Waals surface area contributed by atoms with Crippen LogP contribution in [0.5, 0.6) is 0 Å². The second-order valence-corrected chi connectivity index (χ2v) is 9.40. The fourth-order valence-corrected chi connectivity index (χ4v) is 4.90. The monoisotopic (exact) mass is 400 g/mol. The lowest BCUT2D eigenvalue weighted by molar-refractivity contribution is -0.132. The molecule has 1 fully saturated rings. The highest BCUT2D eigenvalue weighted by Gasteiger charge is 2.27. The van der Waals surface area contributed by atoms with Crippen molar-refractivity contribution >= 4 is 21.6 Å². The van der Waals surface area contributed by atoms with E-state index in [0.29, 0.717) is 11.6 Å².